The van der Waals surface area contributed by atoms with Crippen LogP contribution in [0.1, 0.15) is 50.2 Å². The Hall–Kier alpha value is -0.900. The van der Waals surface area contributed by atoms with Crippen molar-refractivity contribution in [3.8, 4) is 0 Å². The van der Waals surface area contributed by atoms with Crippen molar-refractivity contribution in [2.75, 3.05) is 13.1 Å². The molecule has 1 heterocycles. The van der Waals surface area contributed by atoms with Gasteiger partial charge in [-0.2, -0.15) is 0 Å². The summed E-state index contributed by atoms with van der Waals surface area (Å²) in [6.07, 6.45) is 6.32. The normalized spacial score (nSPS) is 32.2. The molecule has 0 aromatic heterocycles. The molecule has 3 rings (SSSR count). The van der Waals surface area contributed by atoms with E-state index in [0.29, 0.717) is 18.5 Å². The molecule has 3 nitrogen and oxygen atoms in total. The van der Waals surface area contributed by atoms with E-state index < -0.39 is 6.10 Å². The van der Waals surface area contributed by atoms with Gasteiger partial charge in [-0.15, -0.1) is 0 Å². The molecule has 4 unspecified atom stereocenters. The molecule has 2 fully saturated rings. The lowest BCUT2D eigenvalue weighted by atomic mass is 9.87. The Morgan fingerprint density at radius 1 is 1.05 bits per heavy atom. The molecule has 1 aromatic carbocycles. The van der Waals surface area contributed by atoms with Crippen molar-refractivity contribution in [3.05, 3.63) is 35.9 Å². The van der Waals surface area contributed by atoms with E-state index in [-0.39, 0.29) is 6.10 Å². The molecule has 3 heteroatoms. The Labute approximate surface area is 127 Å². The van der Waals surface area contributed by atoms with E-state index in [4.69, 9.17) is 0 Å². The third kappa shape index (κ3) is 3.47. The second-order valence-corrected chi connectivity index (χ2v) is 6.65. The fraction of sp³-hybridized carbons (Fsp3) is 0.667. The van der Waals surface area contributed by atoms with Crippen LogP contribution in [0.4, 0.5) is 0 Å². The van der Waals surface area contributed by atoms with Gasteiger partial charge in [0.2, 0.25) is 0 Å². The van der Waals surface area contributed by atoms with Crippen LogP contribution in [0.15, 0.2) is 30.3 Å². The summed E-state index contributed by atoms with van der Waals surface area (Å²) in [4.78, 5) is 2.43. The van der Waals surface area contributed by atoms with Crippen molar-refractivity contribution >= 4 is 0 Å². The van der Waals surface area contributed by atoms with Gasteiger partial charge in [-0.05, 0) is 37.8 Å². The quantitative estimate of drug-likeness (QED) is 0.896. The highest BCUT2D eigenvalue weighted by Crippen LogP contribution is 2.35. The number of nitrogens with zero attached hydrogens (tertiary/aromatic N) is 1. The van der Waals surface area contributed by atoms with Crippen LogP contribution in [-0.2, 0) is 0 Å². The Morgan fingerprint density at radius 2 is 1.86 bits per heavy atom. The molecule has 1 aliphatic heterocycles. The first-order valence-corrected chi connectivity index (χ1v) is 8.41. The van der Waals surface area contributed by atoms with Gasteiger partial charge in [-0.25, -0.2) is 0 Å². The number of β-amino-alcohol motifs (C(OH)–C–C–N with tert-alkyl or cyclic N) is 1. The molecule has 21 heavy (non-hydrogen) atoms. The number of aliphatic hydroxyl groups excluding tert-OH is 2. The van der Waals surface area contributed by atoms with Gasteiger partial charge in [0.1, 0.15) is 0 Å². The van der Waals surface area contributed by atoms with E-state index in [1.807, 2.05) is 30.3 Å². The fourth-order valence-corrected chi connectivity index (χ4v) is 4.15. The van der Waals surface area contributed by atoms with Crippen LogP contribution in [0.5, 0.6) is 0 Å². The van der Waals surface area contributed by atoms with Crippen LogP contribution >= 0.6 is 0 Å². The predicted molar refractivity (Wildman–Crippen MR) is 84.0 cm³/mol. The van der Waals surface area contributed by atoms with Crippen molar-refractivity contribution in [2.24, 2.45) is 5.92 Å². The average Bonchev–Trinajstić information content (AvgIpc) is 2.95. The Kier molecular flexibility index (Phi) is 4.94. The maximum atomic E-state index is 10.5. The molecule has 1 aromatic rings. The number of hydrogen-bond donors (Lipinski definition) is 2. The molecule has 1 aliphatic carbocycles. The highest BCUT2D eigenvalue weighted by molar-refractivity contribution is 5.17. The molecular weight excluding hydrogens is 262 g/mol. The molecule has 0 radical (unpaired) electrons. The van der Waals surface area contributed by atoms with E-state index >= 15 is 0 Å². The van der Waals surface area contributed by atoms with E-state index in [1.54, 1.807) is 0 Å². The van der Waals surface area contributed by atoms with Crippen molar-refractivity contribution < 1.29 is 10.2 Å². The molecule has 2 N–H and O–H groups in total. The van der Waals surface area contributed by atoms with Crippen LogP contribution < -0.4 is 0 Å². The lowest BCUT2D eigenvalue weighted by Gasteiger charge is -2.41. The molecule has 1 saturated heterocycles. The SMILES string of the molecule is OC(CN1CCCCC1C1CCCC1O)c1ccccc1. The van der Waals surface area contributed by atoms with Gasteiger partial charge in [0.15, 0.2) is 0 Å². The highest BCUT2D eigenvalue weighted by atomic mass is 16.3. The van der Waals surface area contributed by atoms with Gasteiger partial charge in [-0.1, -0.05) is 43.2 Å². The van der Waals surface area contributed by atoms with Crippen molar-refractivity contribution in [2.45, 2.75) is 56.8 Å². The lowest BCUT2D eigenvalue weighted by molar-refractivity contribution is 0.00908. The first-order chi connectivity index (χ1) is 10.3. The monoisotopic (exact) mass is 289 g/mol. The predicted octanol–water partition coefficient (Wildman–Crippen LogP) is 2.74. The van der Waals surface area contributed by atoms with Gasteiger partial charge in [-0.3, -0.25) is 4.90 Å². The Bertz CT molecular complexity index is 436. The van der Waals surface area contributed by atoms with Gasteiger partial charge in [0.25, 0.3) is 0 Å². The Balaban J connectivity index is 1.67. The minimum atomic E-state index is -0.426. The summed E-state index contributed by atoms with van der Waals surface area (Å²) < 4.78 is 0. The maximum absolute atomic E-state index is 10.5. The van der Waals surface area contributed by atoms with Crippen LogP contribution in [-0.4, -0.2) is 40.3 Å². The van der Waals surface area contributed by atoms with E-state index in [9.17, 15) is 10.2 Å². The number of likely N-dealkylation sites (tertiary alicyclic amines) is 1. The zero-order valence-electron chi connectivity index (χ0n) is 12.7. The van der Waals surface area contributed by atoms with Crippen LogP contribution in [0.2, 0.25) is 0 Å². The van der Waals surface area contributed by atoms with Crippen LogP contribution in [0.25, 0.3) is 0 Å². The van der Waals surface area contributed by atoms with Crippen molar-refractivity contribution in [1.82, 2.24) is 4.90 Å². The summed E-state index contributed by atoms with van der Waals surface area (Å²) in [6.45, 7) is 1.75. The highest BCUT2D eigenvalue weighted by Gasteiger charge is 2.37. The van der Waals surface area contributed by atoms with Crippen LogP contribution in [0.3, 0.4) is 0 Å². The number of piperidine rings is 1. The molecule has 0 amide bonds. The minimum Gasteiger partial charge on any atom is -0.393 e. The minimum absolute atomic E-state index is 0.135. The molecule has 2 aliphatic rings. The lowest BCUT2D eigenvalue weighted by Crippen LogP contribution is -2.47. The zero-order chi connectivity index (χ0) is 14.7. The van der Waals surface area contributed by atoms with E-state index in [2.05, 4.69) is 4.90 Å². The summed E-state index contributed by atoms with van der Waals surface area (Å²) in [6, 6.07) is 10.4. The summed E-state index contributed by atoms with van der Waals surface area (Å²) in [5.41, 5.74) is 0.994. The average molecular weight is 289 g/mol. The first-order valence-electron chi connectivity index (χ1n) is 8.41. The fourth-order valence-electron chi connectivity index (χ4n) is 4.15. The number of benzene rings is 1. The topological polar surface area (TPSA) is 43.7 Å². The van der Waals surface area contributed by atoms with Gasteiger partial charge >= 0.3 is 0 Å². The second kappa shape index (κ2) is 6.91. The van der Waals surface area contributed by atoms with Gasteiger partial charge in [0, 0.05) is 18.5 Å². The molecule has 116 valence electrons. The third-order valence-corrected chi connectivity index (χ3v) is 5.28. The summed E-state index contributed by atoms with van der Waals surface area (Å²) >= 11 is 0. The number of aliphatic hydroxyl groups is 2. The van der Waals surface area contributed by atoms with E-state index in [0.717, 1.165) is 31.4 Å². The molecule has 1 saturated carbocycles. The molecule has 0 spiro atoms. The molecule has 4 atom stereocenters. The maximum Gasteiger partial charge on any atom is 0.0917 e. The third-order valence-electron chi connectivity index (χ3n) is 5.28. The Morgan fingerprint density at radius 3 is 2.57 bits per heavy atom. The first kappa shape index (κ1) is 15.0. The van der Waals surface area contributed by atoms with Gasteiger partial charge in [0.05, 0.1) is 12.2 Å². The van der Waals surface area contributed by atoms with Crippen LogP contribution in [0, 0.1) is 5.92 Å². The number of rotatable bonds is 4. The number of hydrogen-bond acceptors (Lipinski definition) is 3. The smallest absolute Gasteiger partial charge is 0.0917 e. The standard InChI is InChI=1S/C18H27NO2/c20-17-11-6-9-15(17)16-10-4-5-12-19(16)13-18(21)14-7-2-1-3-8-14/h1-3,7-8,15-18,20-21H,4-6,9-13H2. The zero-order valence-corrected chi connectivity index (χ0v) is 12.7. The second-order valence-electron chi connectivity index (χ2n) is 6.65. The van der Waals surface area contributed by atoms with Gasteiger partial charge < -0.3 is 10.2 Å². The summed E-state index contributed by atoms with van der Waals surface area (Å²) in [5.74, 6) is 0.410. The van der Waals surface area contributed by atoms with Crippen molar-refractivity contribution in [1.29, 1.82) is 0 Å². The summed E-state index contributed by atoms with van der Waals surface area (Å²) in [5, 5.41) is 20.7. The summed E-state index contributed by atoms with van der Waals surface area (Å²) in [7, 11) is 0. The molecule has 0 bridgehead atoms. The van der Waals surface area contributed by atoms with Crippen molar-refractivity contribution in [3.63, 3.8) is 0 Å². The largest absolute Gasteiger partial charge is 0.393 e. The molecular formula is C18H27NO2. The van der Waals surface area contributed by atoms with E-state index in [1.165, 1.54) is 19.3 Å².